The number of benzene rings is 1. The topological polar surface area (TPSA) is 60.8 Å². The van der Waals surface area contributed by atoms with Gasteiger partial charge < -0.3 is 23.0 Å². The molecule has 1 unspecified atom stereocenters. The third-order valence-electron chi connectivity index (χ3n) is 4.23. The van der Waals surface area contributed by atoms with Crippen LogP contribution in [0.3, 0.4) is 0 Å². The molecule has 7 heteroatoms. The first-order valence-electron chi connectivity index (χ1n) is 8.09. The summed E-state index contributed by atoms with van der Waals surface area (Å²) in [7, 11) is 0. The van der Waals surface area contributed by atoms with E-state index in [2.05, 4.69) is 10.7 Å². The fourth-order valence-corrected chi connectivity index (χ4v) is 4.18. The summed E-state index contributed by atoms with van der Waals surface area (Å²) < 4.78 is 0. The van der Waals surface area contributed by atoms with Crippen molar-refractivity contribution in [2.75, 3.05) is 13.1 Å². The molecule has 0 aliphatic carbocycles. The van der Waals surface area contributed by atoms with Gasteiger partial charge in [0.25, 0.3) is 5.91 Å². The number of piperidine rings is 1. The van der Waals surface area contributed by atoms with Crippen molar-refractivity contribution < 1.29 is 22.9 Å². The second kappa shape index (κ2) is 9.43. The zero-order chi connectivity index (χ0) is 16.9. The van der Waals surface area contributed by atoms with E-state index in [0.717, 1.165) is 36.5 Å². The molecule has 1 aliphatic heterocycles. The molecular weight excluding hydrogens is 377 g/mol. The normalized spacial score (nSPS) is 16.2. The molecule has 1 fully saturated rings. The van der Waals surface area contributed by atoms with Crippen LogP contribution < -0.4 is 18.1 Å². The Balaban J connectivity index is 0.00000225. The van der Waals surface area contributed by atoms with Gasteiger partial charge in [-0.1, -0.05) is 48.0 Å². The first-order valence-corrected chi connectivity index (χ1v) is 9.35. The molecule has 0 spiro atoms. The molecule has 1 amide bonds. The van der Waals surface area contributed by atoms with E-state index >= 15 is 0 Å². The van der Waals surface area contributed by atoms with Crippen molar-refractivity contribution in [2.24, 2.45) is 0 Å². The molecule has 0 saturated carbocycles. The average Bonchev–Trinajstić information content (AvgIpc) is 2.62. The van der Waals surface area contributed by atoms with Crippen molar-refractivity contribution in [3.63, 3.8) is 0 Å². The molecule has 2 heterocycles. The van der Waals surface area contributed by atoms with E-state index in [9.17, 15) is 4.79 Å². The number of carbonyl (C=O) groups excluding carboxylic acids is 1. The van der Waals surface area contributed by atoms with E-state index in [1.165, 1.54) is 0 Å². The fourth-order valence-electron chi connectivity index (χ4n) is 2.87. The third-order valence-corrected chi connectivity index (χ3v) is 5.71. The Bertz CT molecular complexity index is 694. The van der Waals surface area contributed by atoms with Crippen LogP contribution in [0.1, 0.15) is 24.4 Å². The summed E-state index contributed by atoms with van der Waals surface area (Å²) in [6, 6.07) is 15.1. The quantitative estimate of drug-likeness (QED) is 0.727. The number of hydrogen-bond acceptors (Lipinski definition) is 3. The number of quaternary nitrogens is 1. The van der Waals surface area contributed by atoms with Gasteiger partial charge in [0.1, 0.15) is 5.15 Å². The molecule has 3 N–H and O–H groups in total. The van der Waals surface area contributed by atoms with Gasteiger partial charge in [0.05, 0.1) is 5.03 Å². The van der Waals surface area contributed by atoms with Gasteiger partial charge in [-0.15, -0.1) is 11.8 Å². The number of thioether (sulfide) groups is 1. The molecule has 2 aromatic rings. The maximum Gasteiger partial charge on any atom is 0.285 e. The maximum atomic E-state index is 12.6. The standard InChI is InChI=1S/C18H20ClN3OS.ClH/c19-15-7-4-8-16(21-15)24-14-9-11-22(12-10-14)18(23)17(20)13-5-2-1-3-6-13;/h1-8,14,17H,9-12,20H2;1H. The summed E-state index contributed by atoms with van der Waals surface area (Å²) >= 11 is 7.68. The van der Waals surface area contributed by atoms with Crippen molar-refractivity contribution in [1.29, 1.82) is 0 Å². The lowest BCUT2D eigenvalue weighted by atomic mass is 10.0. The van der Waals surface area contributed by atoms with Crippen molar-refractivity contribution in [1.82, 2.24) is 9.88 Å². The summed E-state index contributed by atoms with van der Waals surface area (Å²) in [4.78, 5) is 18.9. The van der Waals surface area contributed by atoms with Crippen LogP contribution in [-0.4, -0.2) is 34.1 Å². The summed E-state index contributed by atoms with van der Waals surface area (Å²) in [5, 5.41) is 1.95. The maximum absolute atomic E-state index is 12.6. The van der Waals surface area contributed by atoms with Gasteiger partial charge in [-0.2, -0.15) is 0 Å². The number of hydrogen-bond donors (Lipinski definition) is 1. The van der Waals surface area contributed by atoms with Crippen LogP contribution in [0, 0.1) is 0 Å². The first kappa shape index (κ1) is 20.0. The molecule has 1 atom stereocenters. The van der Waals surface area contributed by atoms with Gasteiger partial charge in [-0.25, -0.2) is 4.98 Å². The second-order valence-electron chi connectivity index (χ2n) is 5.90. The Morgan fingerprint density at radius 3 is 2.48 bits per heavy atom. The highest BCUT2D eigenvalue weighted by Gasteiger charge is 2.29. The van der Waals surface area contributed by atoms with Gasteiger partial charge in [0.15, 0.2) is 6.04 Å². The minimum atomic E-state index is -0.329. The molecule has 134 valence electrons. The monoisotopic (exact) mass is 397 g/mol. The molecule has 1 saturated heterocycles. The molecule has 3 rings (SSSR count). The largest absolute Gasteiger partial charge is 1.00 e. The van der Waals surface area contributed by atoms with Crippen molar-refractivity contribution in [3.05, 3.63) is 59.2 Å². The number of pyridine rings is 1. The minimum absolute atomic E-state index is 0. The highest BCUT2D eigenvalue weighted by Crippen LogP contribution is 2.30. The van der Waals surface area contributed by atoms with E-state index in [1.54, 1.807) is 17.8 Å². The summed E-state index contributed by atoms with van der Waals surface area (Å²) in [6.07, 6.45) is 1.93. The Hall–Kier alpha value is -1.27. The van der Waals surface area contributed by atoms with Crippen LogP contribution in [0.15, 0.2) is 53.6 Å². The number of amides is 1. The minimum Gasteiger partial charge on any atom is -1.00 e. The smallest absolute Gasteiger partial charge is 0.285 e. The van der Waals surface area contributed by atoms with E-state index < -0.39 is 0 Å². The fraction of sp³-hybridized carbons (Fsp3) is 0.333. The molecular formula is C18H21Cl2N3OS. The number of rotatable bonds is 4. The molecule has 25 heavy (non-hydrogen) atoms. The van der Waals surface area contributed by atoms with Crippen LogP contribution in [0.5, 0.6) is 0 Å². The molecule has 0 radical (unpaired) electrons. The van der Waals surface area contributed by atoms with Gasteiger partial charge in [0, 0.05) is 23.9 Å². The van der Waals surface area contributed by atoms with Gasteiger partial charge in [-0.05, 0) is 25.0 Å². The molecule has 1 aromatic carbocycles. The molecule has 0 bridgehead atoms. The summed E-state index contributed by atoms with van der Waals surface area (Å²) in [5.41, 5.74) is 5.03. The van der Waals surface area contributed by atoms with Crippen LogP contribution in [0.4, 0.5) is 0 Å². The van der Waals surface area contributed by atoms with Crippen LogP contribution in [0.2, 0.25) is 5.15 Å². The van der Waals surface area contributed by atoms with Crippen molar-refractivity contribution >= 4 is 29.3 Å². The number of nitrogens with zero attached hydrogens (tertiary/aromatic N) is 2. The second-order valence-corrected chi connectivity index (χ2v) is 7.61. The van der Waals surface area contributed by atoms with E-state index in [4.69, 9.17) is 11.6 Å². The van der Waals surface area contributed by atoms with E-state index in [1.807, 2.05) is 47.4 Å². The number of carbonyl (C=O) groups is 1. The first-order chi connectivity index (χ1) is 11.6. The lowest BCUT2D eigenvalue weighted by Crippen LogP contribution is -3.00. The number of aromatic nitrogens is 1. The van der Waals surface area contributed by atoms with Gasteiger partial charge in [-0.3, -0.25) is 4.79 Å². The third kappa shape index (κ3) is 5.35. The highest BCUT2D eigenvalue weighted by molar-refractivity contribution is 7.99. The Kier molecular flexibility index (Phi) is 7.56. The predicted molar refractivity (Wildman–Crippen MR) is 96.8 cm³/mol. The Labute approximate surface area is 163 Å². The average molecular weight is 398 g/mol. The summed E-state index contributed by atoms with van der Waals surface area (Å²) in [5.74, 6) is 0.116. The zero-order valence-corrected chi connectivity index (χ0v) is 16.1. The van der Waals surface area contributed by atoms with Crippen LogP contribution in [0.25, 0.3) is 0 Å². The Morgan fingerprint density at radius 1 is 1.16 bits per heavy atom. The lowest BCUT2D eigenvalue weighted by Gasteiger charge is -2.32. The molecule has 1 aliphatic rings. The van der Waals surface area contributed by atoms with E-state index in [-0.39, 0.29) is 24.4 Å². The lowest BCUT2D eigenvalue weighted by molar-refractivity contribution is -0.411. The molecule has 4 nitrogen and oxygen atoms in total. The van der Waals surface area contributed by atoms with E-state index in [0.29, 0.717) is 10.4 Å². The highest BCUT2D eigenvalue weighted by atomic mass is 35.5. The van der Waals surface area contributed by atoms with Crippen molar-refractivity contribution in [3.8, 4) is 0 Å². The van der Waals surface area contributed by atoms with Gasteiger partial charge >= 0.3 is 0 Å². The Morgan fingerprint density at radius 2 is 1.84 bits per heavy atom. The van der Waals surface area contributed by atoms with Crippen LogP contribution >= 0.6 is 23.4 Å². The zero-order valence-electron chi connectivity index (χ0n) is 13.8. The van der Waals surface area contributed by atoms with Gasteiger partial charge in [0.2, 0.25) is 0 Å². The number of halogens is 2. The summed E-state index contributed by atoms with van der Waals surface area (Å²) in [6.45, 7) is 1.55. The van der Waals surface area contributed by atoms with Crippen molar-refractivity contribution in [2.45, 2.75) is 29.2 Å². The predicted octanol–water partition coefficient (Wildman–Crippen LogP) is -0.195. The van der Waals surface area contributed by atoms with Crippen LogP contribution in [-0.2, 0) is 4.79 Å². The SMILES string of the molecule is [Cl-].[NH3+]C(C(=O)N1CCC(Sc2cccc(Cl)n2)CC1)c1ccccc1. The number of likely N-dealkylation sites (tertiary alicyclic amines) is 1. The molecule has 1 aromatic heterocycles.